The van der Waals surface area contributed by atoms with Gasteiger partial charge in [0.15, 0.2) is 11.5 Å². The van der Waals surface area contributed by atoms with Gasteiger partial charge in [0.2, 0.25) is 0 Å². The van der Waals surface area contributed by atoms with Crippen molar-refractivity contribution < 1.29 is 17.3 Å². The average Bonchev–Trinajstić information content (AvgIpc) is 2.62. The van der Waals surface area contributed by atoms with Gasteiger partial charge in [0.1, 0.15) is 4.90 Å². The van der Waals surface area contributed by atoms with Crippen LogP contribution in [0.2, 0.25) is 0 Å². The molecule has 0 fully saturated rings. The highest BCUT2D eigenvalue weighted by atomic mass is 32.2. The van der Waals surface area contributed by atoms with E-state index in [-0.39, 0.29) is 16.4 Å². The number of hydrogen-bond acceptors (Lipinski definition) is 6. The molecule has 0 unspecified atom stereocenters. The Bertz CT molecular complexity index is 1120. The quantitative estimate of drug-likeness (QED) is 0.640. The summed E-state index contributed by atoms with van der Waals surface area (Å²) in [5, 5.41) is 9.71. The van der Waals surface area contributed by atoms with Crippen molar-refractivity contribution in [3.63, 3.8) is 0 Å². The monoisotopic (exact) mass is 368 g/mol. The second kappa shape index (κ2) is 7.02. The highest BCUT2D eigenvalue weighted by Gasteiger charge is 2.23. The SMILES string of the molecule is CCOc1cc(C#N)ccc1OS(=O)(=O)c1cccc2cc(C)cnc12. The number of hydrogen-bond donors (Lipinski definition) is 0. The molecule has 0 saturated heterocycles. The van der Waals surface area contributed by atoms with Crippen LogP contribution >= 0.6 is 0 Å². The van der Waals surface area contributed by atoms with Crippen LogP contribution in [0.15, 0.2) is 53.6 Å². The Labute approximate surface area is 151 Å². The lowest BCUT2D eigenvalue weighted by atomic mass is 10.2. The van der Waals surface area contributed by atoms with Gasteiger partial charge in [0.25, 0.3) is 0 Å². The Morgan fingerprint density at radius 1 is 1.15 bits per heavy atom. The van der Waals surface area contributed by atoms with E-state index in [0.717, 1.165) is 5.56 Å². The third kappa shape index (κ3) is 3.46. The van der Waals surface area contributed by atoms with Crippen molar-refractivity contribution in [2.45, 2.75) is 18.7 Å². The van der Waals surface area contributed by atoms with E-state index in [1.165, 1.54) is 24.3 Å². The molecule has 0 amide bonds. The predicted octanol–water partition coefficient (Wildman–Crippen LogP) is 3.58. The fourth-order valence-corrected chi connectivity index (χ4v) is 3.64. The lowest BCUT2D eigenvalue weighted by Crippen LogP contribution is -2.12. The van der Waals surface area contributed by atoms with Gasteiger partial charge in [-0.2, -0.15) is 13.7 Å². The van der Waals surface area contributed by atoms with Crippen LogP contribution in [0.3, 0.4) is 0 Å². The van der Waals surface area contributed by atoms with Gasteiger partial charge in [-0.25, -0.2) is 0 Å². The fourth-order valence-electron chi connectivity index (χ4n) is 2.52. The maximum absolute atomic E-state index is 12.8. The minimum Gasteiger partial charge on any atom is -0.490 e. The smallest absolute Gasteiger partial charge is 0.341 e. The average molecular weight is 368 g/mol. The number of aromatic nitrogens is 1. The third-order valence-electron chi connectivity index (χ3n) is 3.65. The first-order valence-electron chi connectivity index (χ1n) is 7.91. The molecule has 6 nitrogen and oxygen atoms in total. The van der Waals surface area contributed by atoms with Crippen LogP contribution in [0.25, 0.3) is 10.9 Å². The molecule has 0 radical (unpaired) electrons. The van der Waals surface area contributed by atoms with E-state index in [4.69, 9.17) is 14.2 Å². The summed E-state index contributed by atoms with van der Waals surface area (Å²) in [5.41, 5.74) is 1.61. The molecule has 1 aromatic heterocycles. The van der Waals surface area contributed by atoms with Gasteiger partial charge in [-0.05, 0) is 43.7 Å². The van der Waals surface area contributed by atoms with Gasteiger partial charge in [-0.15, -0.1) is 0 Å². The van der Waals surface area contributed by atoms with E-state index in [0.29, 0.717) is 23.1 Å². The Morgan fingerprint density at radius 3 is 2.69 bits per heavy atom. The zero-order valence-corrected chi connectivity index (χ0v) is 15.1. The molecule has 0 spiro atoms. The summed E-state index contributed by atoms with van der Waals surface area (Å²) in [6.07, 6.45) is 1.61. The number of aryl methyl sites for hydroxylation is 1. The summed E-state index contributed by atoms with van der Waals surface area (Å²) in [6.45, 7) is 3.95. The molecule has 0 saturated carbocycles. The van der Waals surface area contributed by atoms with Crippen LogP contribution in [0.4, 0.5) is 0 Å². The molecule has 0 N–H and O–H groups in total. The summed E-state index contributed by atoms with van der Waals surface area (Å²) in [6, 6.07) is 13.0. The van der Waals surface area contributed by atoms with Gasteiger partial charge >= 0.3 is 10.1 Å². The molecular weight excluding hydrogens is 352 g/mol. The fraction of sp³-hybridized carbons (Fsp3) is 0.158. The van der Waals surface area contributed by atoms with E-state index in [1.54, 1.807) is 25.3 Å². The number of para-hydroxylation sites is 1. The van der Waals surface area contributed by atoms with E-state index in [2.05, 4.69) is 4.98 Å². The second-order valence-electron chi connectivity index (χ2n) is 5.58. The summed E-state index contributed by atoms with van der Waals surface area (Å²) in [5.74, 6) is 0.217. The number of nitrogens with zero attached hydrogens (tertiary/aromatic N) is 2. The molecule has 26 heavy (non-hydrogen) atoms. The Balaban J connectivity index is 2.07. The van der Waals surface area contributed by atoms with Gasteiger partial charge in [-0.1, -0.05) is 12.1 Å². The van der Waals surface area contributed by atoms with E-state index in [9.17, 15) is 8.42 Å². The maximum atomic E-state index is 12.8. The van der Waals surface area contributed by atoms with E-state index < -0.39 is 10.1 Å². The Kier molecular flexibility index (Phi) is 4.78. The van der Waals surface area contributed by atoms with Gasteiger partial charge in [-0.3, -0.25) is 4.98 Å². The van der Waals surface area contributed by atoms with Gasteiger partial charge < -0.3 is 8.92 Å². The number of nitriles is 1. The topological polar surface area (TPSA) is 89.3 Å². The molecule has 0 aliphatic rings. The Hall–Kier alpha value is -3.11. The van der Waals surface area contributed by atoms with Crippen molar-refractivity contribution in [1.29, 1.82) is 5.26 Å². The molecule has 3 aromatic rings. The molecule has 0 aliphatic heterocycles. The van der Waals surface area contributed by atoms with Crippen molar-refractivity contribution in [3.8, 4) is 17.6 Å². The van der Waals surface area contributed by atoms with Crippen molar-refractivity contribution in [3.05, 3.63) is 59.8 Å². The molecule has 0 aliphatic carbocycles. The minimum absolute atomic E-state index is 0.0231. The Morgan fingerprint density at radius 2 is 1.96 bits per heavy atom. The number of ether oxygens (including phenoxy) is 1. The summed E-state index contributed by atoms with van der Waals surface area (Å²) in [4.78, 5) is 4.22. The number of fused-ring (bicyclic) bond motifs is 1. The van der Waals surface area contributed by atoms with Crippen molar-refractivity contribution >= 4 is 21.0 Å². The maximum Gasteiger partial charge on any atom is 0.341 e. The molecule has 0 bridgehead atoms. The zero-order valence-electron chi connectivity index (χ0n) is 14.3. The van der Waals surface area contributed by atoms with Crippen LogP contribution in [-0.4, -0.2) is 20.0 Å². The van der Waals surface area contributed by atoms with E-state index >= 15 is 0 Å². The molecular formula is C19H16N2O4S. The van der Waals surface area contributed by atoms with Crippen LogP contribution in [0, 0.1) is 18.3 Å². The lowest BCUT2D eigenvalue weighted by molar-refractivity contribution is 0.327. The lowest BCUT2D eigenvalue weighted by Gasteiger charge is -2.13. The first kappa shape index (κ1) is 17.7. The highest BCUT2D eigenvalue weighted by molar-refractivity contribution is 7.87. The number of benzene rings is 2. The third-order valence-corrected chi connectivity index (χ3v) is 4.92. The summed E-state index contributed by atoms with van der Waals surface area (Å²) < 4.78 is 36.4. The minimum atomic E-state index is -4.14. The zero-order chi connectivity index (χ0) is 18.7. The molecule has 7 heteroatoms. The summed E-state index contributed by atoms with van der Waals surface area (Å²) >= 11 is 0. The van der Waals surface area contributed by atoms with Crippen LogP contribution in [0.1, 0.15) is 18.1 Å². The van der Waals surface area contributed by atoms with Gasteiger partial charge in [0.05, 0.1) is 23.8 Å². The molecule has 132 valence electrons. The molecule has 3 rings (SSSR count). The van der Waals surface area contributed by atoms with Crippen LogP contribution in [-0.2, 0) is 10.1 Å². The first-order valence-corrected chi connectivity index (χ1v) is 9.32. The first-order chi connectivity index (χ1) is 12.4. The highest BCUT2D eigenvalue weighted by Crippen LogP contribution is 2.32. The van der Waals surface area contributed by atoms with Crippen molar-refractivity contribution in [2.75, 3.05) is 6.61 Å². The normalized spacial score (nSPS) is 11.1. The van der Waals surface area contributed by atoms with Crippen LogP contribution < -0.4 is 8.92 Å². The van der Waals surface area contributed by atoms with Gasteiger partial charge in [0, 0.05) is 17.6 Å². The largest absolute Gasteiger partial charge is 0.490 e. The molecule has 0 atom stereocenters. The van der Waals surface area contributed by atoms with Crippen LogP contribution in [0.5, 0.6) is 11.5 Å². The van der Waals surface area contributed by atoms with Crippen molar-refractivity contribution in [1.82, 2.24) is 4.98 Å². The molecule has 1 heterocycles. The molecule has 2 aromatic carbocycles. The summed E-state index contributed by atoms with van der Waals surface area (Å²) in [7, 11) is -4.14. The van der Waals surface area contributed by atoms with E-state index in [1.807, 2.05) is 19.1 Å². The number of rotatable bonds is 5. The van der Waals surface area contributed by atoms with Crippen molar-refractivity contribution in [2.24, 2.45) is 0 Å². The predicted molar refractivity (Wildman–Crippen MR) is 96.6 cm³/mol. The standard InChI is InChI=1S/C19H16N2O4S/c1-3-24-17-10-14(11-20)7-8-16(17)25-26(22,23)18-6-4-5-15-9-13(2)12-21-19(15)18/h4-10,12H,3H2,1-2H3. The second-order valence-corrected chi connectivity index (χ2v) is 7.10. The number of pyridine rings is 1.